The topological polar surface area (TPSA) is 52.6 Å². The Hall–Kier alpha value is -1.53. The van der Waals surface area contributed by atoms with E-state index in [0.29, 0.717) is 5.56 Å². The van der Waals surface area contributed by atoms with Gasteiger partial charge in [0.15, 0.2) is 6.29 Å². The summed E-state index contributed by atoms with van der Waals surface area (Å²) in [5, 5.41) is 0. The molecule has 2 heterocycles. The maximum atomic E-state index is 10.6. The van der Waals surface area contributed by atoms with Gasteiger partial charge in [0.2, 0.25) is 5.95 Å². The SMILES string of the molecule is CN(C)CCN1CCN(c2ncc(C=O)cn2)CC1. The number of aldehydes is 1. The standard InChI is InChI=1S/C13H21N5O/c1-16(2)3-4-17-5-7-18(8-6-17)13-14-9-12(11-19)10-15-13/h9-11H,3-8H2,1-2H3. The van der Waals surface area contributed by atoms with Gasteiger partial charge in [-0.05, 0) is 14.1 Å². The highest BCUT2D eigenvalue weighted by molar-refractivity contribution is 5.73. The van der Waals surface area contributed by atoms with Crippen LogP contribution in [0.25, 0.3) is 0 Å². The number of likely N-dealkylation sites (N-methyl/N-ethyl adjacent to an activating group) is 1. The van der Waals surface area contributed by atoms with Crippen LogP contribution in [0, 0.1) is 0 Å². The van der Waals surface area contributed by atoms with Gasteiger partial charge >= 0.3 is 0 Å². The Kier molecular flexibility index (Phi) is 4.81. The van der Waals surface area contributed by atoms with Crippen molar-refractivity contribution in [1.29, 1.82) is 0 Å². The van der Waals surface area contributed by atoms with Crippen molar-refractivity contribution in [3.05, 3.63) is 18.0 Å². The molecule has 1 saturated heterocycles. The van der Waals surface area contributed by atoms with Gasteiger partial charge in [0.25, 0.3) is 0 Å². The molecular weight excluding hydrogens is 242 g/mol. The smallest absolute Gasteiger partial charge is 0.225 e. The second kappa shape index (κ2) is 6.58. The summed E-state index contributed by atoms with van der Waals surface area (Å²) in [6.45, 7) is 6.14. The number of carbonyl (C=O) groups excluding carboxylic acids is 1. The molecule has 19 heavy (non-hydrogen) atoms. The van der Waals surface area contributed by atoms with Crippen molar-refractivity contribution >= 4 is 12.2 Å². The fourth-order valence-corrected chi connectivity index (χ4v) is 2.07. The highest BCUT2D eigenvalue weighted by Gasteiger charge is 2.18. The van der Waals surface area contributed by atoms with Crippen molar-refractivity contribution in [3.8, 4) is 0 Å². The lowest BCUT2D eigenvalue weighted by atomic mass is 10.3. The molecule has 0 saturated carbocycles. The van der Waals surface area contributed by atoms with Crippen LogP contribution in [0.1, 0.15) is 10.4 Å². The summed E-state index contributed by atoms with van der Waals surface area (Å²) in [4.78, 5) is 25.8. The number of piperazine rings is 1. The molecule has 6 nitrogen and oxygen atoms in total. The summed E-state index contributed by atoms with van der Waals surface area (Å²) < 4.78 is 0. The fourth-order valence-electron chi connectivity index (χ4n) is 2.07. The Bertz CT molecular complexity index is 398. The molecule has 0 radical (unpaired) electrons. The molecule has 0 N–H and O–H groups in total. The first-order valence-corrected chi connectivity index (χ1v) is 6.58. The van der Waals surface area contributed by atoms with Gasteiger partial charge < -0.3 is 9.80 Å². The molecule has 0 aromatic carbocycles. The predicted octanol–water partition coefficient (Wildman–Crippen LogP) is -0.0273. The molecule has 1 aliphatic heterocycles. The molecular formula is C13H21N5O. The quantitative estimate of drug-likeness (QED) is 0.696. The van der Waals surface area contributed by atoms with E-state index in [0.717, 1.165) is 51.5 Å². The molecule has 0 aliphatic carbocycles. The third-order valence-electron chi connectivity index (χ3n) is 3.31. The van der Waals surface area contributed by atoms with Crippen LogP contribution < -0.4 is 4.90 Å². The summed E-state index contributed by atoms with van der Waals surface area (Å²) in [6, 6.07) is 0. The van der Waals surface area contributed by atoms with Crippen molar-refractivity contribution in [2.75, 3.05) is 58.3 Å². The number of carbonyl (C=O) groups is 1. The highest BCUT2D eigenvalue weighted by Crippen LogP contribution is 2.10. The summed E-state index contributed by atoms with van der Waals surface area (Å²) in [5.41, 5.74) is 0.522. The summed E-state index contributed by atoms with van der Waals surface area (Å²) >= 11 is 0. The van der Waals surface area contributed by atoms with Crippen LogP contribution in [-0.4, -0.2) is 79.4 Å². The average molecular weight is 263 g/mol. The number of hydrogen-bond acceptors (Lipinski definition) is 6. The second-order valence-electron chi connectivity index (χ2n) is 5.07. The first-order valence-electron chi connectivity index (χ1n) is 6.58. The third kappa shape index (κ3) is 3.97. The van der Waals surface area contributed by atoms with Crippen molar-refractivity contribution in [3.63, 3.8) is 0 Å². The zero-order valence-electron chi connectivity index (χ0n) is 11.6. The lowest BCUT2D eigenvalue weighted by molar-refractivity contribution is 0.112. The van der Waals surface area contributed by atoms with Crippen LogP contribution in [0.3, 0.4) is 0 Å². The van der Waals surface area contributed by atoms with Crippen molar-refractivity contribution < 1.29 is 4.79 Å². The zero-order valence-corrected chi connectivity index (χ0v) is 11.6. The van der Waals surface area contributed by atoms with E-state index in [1.807, 2.05) is 0 Å². The molecule has 0 bridgehead atoms. The molecule has 104 valence electrons. The number of nitrogens with zero attached hydrogens (tertiary/aromatic N) is 5. The Morgan fingerprint density at radius 1 is 1.21 bits per heavy atom. The number of hydrogen-bond donors (Lipinski definition) is 0. The Labute approximate surface area is 114 Å². The maximum absolute atomic E-state index is 10.6. The zero-order chi connectivity index (χ0) is 13.7. The van der Waals surface area contributed by atoms with E-state index in [2.05, 4.69) is 38.8 Å². The van der Waals surface area contributed by atoms with Crippen LogP contribution in [0.2, 0.25) is 0 Å². The predicted molar refractivity (Wildman–Crippen MR) is 74.6 cm³/mol. The van der Waals surface area contributed by atoms with E-state index in [1.165, 1.54) is 0 Å². The van der Waals surface area contributed by atoms with Gasteiger partial charge in [-0.2, -0.15) is 0 Å². The number of anilines is 1. The average Bonchev–Trinajstić information content (AvgIpc) is 2.46. The molecule has 1 fully saturated rings. The molecule has 0 unspecified atom stereocenters. The van der Waals surface area contributed by atoms with Crippen LogP contribution >= 0.6 is 0 Å². The van der Waals surface area contributed by atoms with Crippen LogP contribution in [0.5, 0.6) is 0 Å². The lowest BCUT2D eigenvalue weighted by Gasteiger charge is -2.35. The monoisotopic (exact) mass is 263 g/mol. The van der Waals surface area contributed by atoms with Crippen molar-refractivity contribution in [2.24, 2.45) is 0 Å². The minimum atomic E-state index is 0.522. The summed E-state index contributed by atoms with van der Waals surface area (Å²) in [5.74, 6) is 0.720. The fraction of sp³-hybridized carbons (Fsp3) is 0.615. The van der Waals surface area contributed by atoms with Crippen LogP contribution in [-0.2, 0) is 0 Å². The van der Waals surface area contributed by atoms with Gasteiger partial charge in [0.1, 0.15) is 0 Å². The summed E-state index contributed by atoms with van der Waals surface area (Å²) in [7, 11) is 4.19. The third-order valence-corrected chi connectivity index (χ3v) is 3.31. The van der Waals surface area contributed by atoms with Crippen molar-refractivity contribution in [1.82, 2.24) is 19.8 Å². The van der Waals surface area contributed by atoms with Gasteiger partial charge in [-0.1, -0.05) is 0 Å². The first kappa shape index (κ1) is 13.9. The van der Waals surface area contributed by atoms with Gasteiger partial charge in [0.05, 0.1) is 5.56 Å². The number of rotatable bonds is 5. The molecule has 1 aliphatic rings. The molecule has 2 rings (SSSR count). The Morgan fingerprint density at radius 2 is 1.84 bits per heavy atom. The highest BCUT2D eigenvalue weighted by atomic mass is 16.1. The van der Waals surface area contributed by atoms with Crippen LogP contribution in [0.4, 0.5) is 5.95 Å². The minimum Gasteiger partial charge on any atom is -0.338 e. The van der Waals surface area contributed by atoms with Gasteiger partial charge in [-0.25, -0.2) is 9.97 Å². The first-order chi connectivity index (χ1) is 9.19. The van der Waals surface area contributed by atoms with Gasteiger partial charge in [0, 0.05) is 51.7 Å². The Morgan fingerprint density at radius 3 is 2.37 bits per heavy atom. The Balaban J connectivity index is 1.83. The molecule has 1 aromatic heterocycles. The molecule has 1 aromatic rings. The van der Waals surface area contributed by atoms with E-state index in [-0.39, 0.29) is 0 Å². The second-order valence-corrected chi connectivity index (χ2v) is 5.07. The van der Waals surface area contributed by atoms with Crippen molar-refractivity contribution in [2.45, 2.75) is 0 Å². The molecule has 0 atom stereocenters. The van der Waals surface area contributed by atoms with Gasteiger partial charge in [-0.15, -0.1) is 0 Å². The number of aromatic nitrogens is 2. The van der Waals surface area contributed by atoms with E-state index in [9.17, 15) is 4.79 Å². The normalized spacial score (nSPS) is 16.9. The largest absolute Gasteiger partial charge is 0.338 e. The van der Waals surface area contributed by atoms with Crippen LogP contribution in [0.15, 0.2) is 12.4 Å². The molecule has 6 heteroatoms. The van der Waals surface area contributed by atoms with E-state index >= 15 is 0 Å². The summed E-state index contributed by atoms with van der Waals surface area (Å²) in [6.07, 6.45) is 3.92. The van der Waals surface area contributed by atoms with E-state index in [4.69, 9.17) is 0 Å². The maximum Gasteiger partial charge on any atom is 0.225 e. The van der Waals surface area contributed by atoms with Gasteiger partial charge in [-0.3, -0.25) is 9.69 Å². The molecule has 0 spiro atoms. The molecule has 0 amide bonds. The minimum absolute atomic E-state index is 0.522. The van der Waals surface area contributed by atoms with E-state index in [1.54, 1.807) is 12.4 Å². The lowest BCUT2D eigenvalue weighted by Crippen LogP contribution is -2.48. The van der Waals surface area contributed by atoms with E-state index < -0.39 is 0 Å².